The first-order valence-corrected chi connectivity index (χ1v) is 30.9. The molecule has 480 valence electrons. The number of carbonyl (C=O) groups is 11. The van der Waals surface area contributed by atoms with Crippen LogP contribution in [0.25, 0.3) is 0 Å². The molecule has 23 nitrogen and oxygen atoms in total. The Labute approximate surface area is 501 Å². The Morgan fingerprint density at radius 2 is 1.13 bits per heavy atom. The van der Waals surface area contributed by atoms with Gasteiger partial charge in [0, 0.05) is 50.5 Å². The summed E-state index contributed by atoms with van der Waals surface area (Å²) in [5.41, 5.74) is -6.30. The fraction of sp³-hybridized carbons (Fsp3) is 0.820. The third-order valence-electron chi connectivity index (χ3n) is 16.4. The number of carbonyl (C=O) groups excluding carboxylic acids is 11. The van der Waals surface area contributed by atoms with Crippen molar-refractivity contribution in [1.82, 2.24) is 57.2 Å². The summed E-state index contributed by atoms with van der Waals surface area (Å²) in [7, 11) is 1.80. The van der Waals surface area contributed by atoms with Crippen molar-refractivity contribution in [2.75, 3.05) is 33.3 Å². The molecular formula is C61H109N11O12. The Balaban J connectivity index is 2.17. The number of hydrogen-bond acceptors (Lipinski definition) is 13. The minimum absolute atomic E-state index is 0.0407. The lowest BCUT2D eigenvalue weighted by Crippen LogP contribution is -2.66. The Bertz CT molecular complexity index is 2290. The average molecular weight is 1190 g/mol. The van der Waals surface area contributed by atoms with Crippen LogP contribution in [0, 0.1) is 17.8 Å². The normalized spacial score (nSPS) is 19.8. The fourth-order valence-corrected chi connectivity index (χ4v) is 10.6. The van der Waals surface area contributed by atoms with E-state index in [1.807, 2.05) is 18.7 Å². The highest BCUT2D eigenvalue weighted by molar-refractivity contribution is 6.01. The predicted octanol–water partition coefficient (Wildman–Crippen LogP) is 3.28. The second kappa shape index (κ2) is 33.3. The van der Waals surface area contributed by atoms with Gasteiger partial charge in [-0.3, -0.25) is 52.7 Å². The lowest BCUT2D eigenvalue weighted by atomic mass is 9.83. The number of nitrogens with zero attached hydrogens (tertiary/aromatic N) is 3. The molecule has 0 aromatic rings. The van der Waals surface area contributed by atoms with Gasteiger partial charge in [0.2, 0.25) is 59.1 Å². The summed E-state index contributed by atoms with van der Waals surface area (Å²) < 4.78 is 0. The van der Waals surface area contributed by atoms with Gasteiger partial charge in [-0.15, -0.1) is 0 Å². The number of Topliss-reactive ketones (excluding diaryl/α,β-unsaturated/α-hetero) is 1. The Morgan fingerprint density at radius 1 is 0.619 bits per heavy atom. The minimum Gasteiger partial charge on any atom is -0.395 e. The van der Waals surface area contributed by atoms with Crippen LogP contribution >= 0.6 is 0 Å². The van der Waals surface area contributed by atoms with Crippen LogP contribution in [0.5, 0.6) is 0 Å². The largest absolute Gasteiger partial charge is 0.395 e. The van der Waals surface area contributed by atoms with Crippen LogP contribution in [0.15, 0.2) is 0 Å². The van der Waals surface area contributed by atoms with E-state index < -0.39 is 112 Å². The van der Waals surface area contributed by atoms with Crippen molar-refractivity contribution in [3.05, 3.63) is 0 Å². The van der Waals surface area contributed by atoms with Gasteiger partial charge in [0.1, 0.15) is 58.1 Å². The summed E-state index contributed by atoms with van der Waals surface area (Å²) in [5, 5.41) is 30.8. The highest BCUT2D eigenvalue weighted by Gasteiger charge is 2.48. The Hall–Kier alpha value is -5.71. The molecule has 0 radical (unpaired) electrons. The van der Waals surface area contributed by atoms with Gasteiger partial charge in [-0.2, -0.15) is 0 Å². The summed E-state index contributed by atoms with van der Waals surface area (Å²) in [6.07, 6.45) is 9.75. The molecule has 2 heterocycles. The van der Waals surface area contributed by atoms with Crippen molar-refractivity contribution < 1.29 is 57.8 Å². The van der Waals surface area contributed by atoms with Gasteiger partial charge < -0.3 is 62.3 Å². The summed E-state index contributed by atoms with van der Waals surface area (Å²) in [4.78, 5) is 157. The van der Waals surface area contributed by atoms with E-state index in [9.17, 15) is 57.8 Å². The van der Waals surface area contributed by atoms with E-state index >= 15 is 0 Å². The lowest BCUT2D eigenvalue weighted by Gasteiger charge is -2.45. The van der Waals surface area contributed by atoms with Crippen LogP contribution in [0.2, 0.25) is 0 Å². The number of piperidine rings is 1. The molecule has 2 fully saturated rings. The van der Waals surface area contributed by atoms with E-state index in [-0.39, 0.29) is 61.3 Å². The zero-order valence-corrected chi connectivity index (χ0v) is 54.3. The SMILES string of the molecule is CCCCCCCC[C@@H](C)C(=O)N1CCC[C@H]1C(=O)N1[C@@H](CC(=O)CC)C[C@@H](C)C[C@@H]1C(=O)N[C@H](C)C(=O)NC(C)(C)C(=O)NC(C)(C)C(=O)N[C@@H](C(=O)N[C@H](C)C(=O)NC(C)(C)C(=O)NC(C)(C)C(=O)N[C@H](C)CN(C)CCO)[C@H](C)CC. The van der Waals surface area contributed by atoms with E-state index in [1.165, 1.54) is 80.6 Å². The molecule has 2 rings (SSSR count). The lowest BCUT2D eigenvalue weighted by molar-refractivity contribution is -0.155. The first-order chi connectivity index (χ1) is 38.9. The van der Waals surface area contributed by atoms with E-state index in [0.29, 0.717) is 51.7 Å². The molecule has 0 spiro atoms. The quantitative estimate of drug-likeness (QED) is 0.0419. The van der Waals surface area contributed by atoms with Crippen LogP contribution < -0.4 is 42.5 Å². The number of hydrogen-bond donors (Lipinski definition) is 9. The first-order valence-electron chi connectivity index (χ1n) is 30.9. The van der Waals surface area contributed by atoms with Crippen LogP contribution in [0.1, 0.15) is 208 Å². The number of likely N-dealkylation sites (N-methyl/N-ethyl adjacent to an activating group) is 1. The number of rotatable bonds is 34. The number of aliphatic hydroxyl groups excluding tert-OH is 1. The molecule has 9 N–H and O–H groups in total. The minimum atomic E-state index is -1.68. The highest BCUT2D eigenvalue weighted by atomic mass is 16.3. The molecular weight excluding hydrogens is 1080 g/mol. The number of likely N-dealkylation sites (tertiary alicyclic amines) is 2. The molecule has 0 bridgehead atoms. The molecule has 10 amide bonds. The second-order valence-corrected chi connectivity index (χ2v) is 26.3. The number of amides is 10. The van der Waals surface area contributed by atoms with Crippen molar-refractivity contribution in [3.63, 3.8) is 0 Å². The molecule has 0 aromatic carbocycles. The van der Waals surface area contributed by atoms with Gasteiger partial charge in [0.25, 0.3) is 0 Å². The molecule has 2 aliphatic heterocycles. The second-order valence-electron chi connectivity index (χ2n) is 26.3. The number of aliphatic hydroxyl groups is 1. The molecule has 0 unspecified atom stereocenters. The maximum Gasteiger partial charge on any atom is 0.246 e. The summed E-state index contributed by atoms with van der Waals surface area (Å²) in [6, 6.07) is -6.40. The van der Waals surface area contributed by atoms with Crippen molar-refractivity contribution in [2.45, 2.75) is 272 Å². The first kappa shape index (κ1) is 74.4. The molecule has 2 aliphatic rings. The van der Waals surface area contributed by atoms with E-state index in [4.69, 9.17) is 0 Å². The van der Waals surface area contributed by atoms with Gasteiger partial charge >= 0.3 is 0 Å². The van der Waals surface area contributed by atoms with Crippen molar-refractivity contribution in [3.8, 4) is 0 Å². The van der Waals surface area contributed by atoms with Gasteiger partial charge in [0.05, 0.1) is 6.61 Å². The van der Waals surface area contributed by atoms with Crippen LogP contribution in [0.4, 0.5) is 0 Å². The molecule has 10 atom stereocenters. The Morgan fingerprint density at radius 3 is 1.65 bits per heavy atom. The third kappa shape index (κ3) is 22.3. The van der Waals surface area contributed by atoms with Crippen LogP contribution in [-0.4, -0.2) is 182 Å². The van der Waals surface area contributed by atoms with Gasteiger partial charge in [-0.25, -0.2) is 0 Å². The summed E-state index contributed by atoms with van der Waals surface area (Å²) in [6.45, 7) is 28.8. The van der Waals surface area contributed by atoms with Crippen molar-refractivity contribution in [1.29, 1.82) is 0 Å². The molecule has 23 heteroatoms. The maximum atomic E-state index is 14.8. The van der Waals surface area contributed by atoms with Crippen LogP contribution in [0.3, 0.4) is 0 Å². The van der Waals surface area contributed by atoms with Crippen molar-refractivity contribution >= 4 is 64.9 Å². The van der Waals surface area contributed by atoms with Gasteiger partial charge in [-0.1, -0.05) is 86.5 Å². The smallest absolute Gasteiger partial charge is 0.246 e. The zero-order valence-electron chi connectivity index (χ0n) is 54.3. The fourth-order valence-electron chi connectivity index (χ4n) is 10.6. The van der Waals surface area contributed by atoms with E-state index in [2.05, 4.69) is 49.5 Å². The highest BCUT2D eigenvalue weighted by Crippen LogP contribution is 2.34. The molecule has 0 aliphatic carbocycles. The number of ketones is 1. The van der Waals surface area contributed by atoms with Gasteiger partial charge in [0.15, 0.2) is 0 Å². The van der Waals surface area contributed by atoms with E-state index in [1.54, 1.807) is 39.6 Å². The number of nitrogens with one attached hydrogen (secondary N) is 8. The molecule has 0 aromatic heterocycles. The van der Waals surface area contributed by atoms with Gasteiger partial charge in [-0.05, 0) is 127 Å². The van der Waals surface area contributed by atoms with Crippen LogP contribution in [-0.2, 0) is 52.7 Å². The average Bonchev–Trinajstić information content (AvgIpc) is 3.77. The predicted molar refractivity (Wildman–Crippen MR) is 322 cm³/mol. The van der Waals surface area contributed by atoms with E-state index in [0.717, 1.165) is 32.1 Å². The zero-order chi connectivity index (χ0) is 64.2. The third-order valence-corrected chi connectivity index (χ3v) is 16.4. The summed E-state index contributed by atoms with van der Waals surface area (Å²) in [5.74, 6) is -6.88. The van der Waals surface area contributed by atoms with Crippen molar-refractivity contribution in [2.24, 2.45) is 17.8 Å². The Kier molecular flexibility index (Phi) is 29.5. The number of unbranched alkanes of at least 4 members (excludes halogenated alkanes) is 5. The standard InChI is InChI=1S/C61H109N11O12/c1-19-22-23-24-25-26-28-39(6)52(79)71-30-27-29-45(71)53(80)72-43(35-44(74)21-3)33-37(4)34-46(72)50(77)63-41(8)48(75)66-61(16,17)57(84)69-59(12,13)55(82)65-47(38(5)20-2)51(78)64-42(9)49(76)67-60(14,15)56(83)68-58(10,11)54(81)62-40(7)36-70(18)31-32-73/h37-43,45-47,73H,19-36H2,1-18H3,(H,62,81)(H,63,77)(H,64,78)(H,65,82)(H,66,75)(H,67,76)(H,68,83)(H,69,84)/t37-,38-,39-,40-,41-,42-,43-,45+,46-,47-/m1/s1. The monoisotopic (exact) mass is 1190 g/mol. The maximum absolute atomic E-state index is 14.8. The molecule has 84 heavy (non-hydrogen) atoms. The topological polar surface area (TPSA) is 314 Å². The molecule has 0 saturated carbocycles. The molecule has 2 saturated heterocycles. The summed E-state index contributed by atoms with van der Waals surface area (Å²) >= 11 is 0.